The maximum absolute atomic E-state index is 12.3. The summed E-state index contributed by atoms with van der Waals surface area (Å²) < 4.78 is 1.54. The SMILES string of the molecule is O=C(O)CCn1cc(NC(=O)C2[C@H]3CCNCC[C@@H]23)cn1. The van der Waals surface area contributed by atoms with E-state index in [2.05, 4.69) is 15.7 Å². The molecule has 0 bridgehead atoms. The Morgan fingerprint density at radius 2 is 2.10 bits per heavy atom. The van der Waals surface area contributed by atoms with Gasteiger partial charge in [0, 0.05) is 12.1 Å². The molecule has 3 rings (SSSR count). The predicted octanol–water partition coefficient (Wildman–Crippen LogP) is 0.542. The molecule has 1 unspecified atom stereocenters. The van der Waals surface area contributed by atoms with E-state index in [1.165, 1.54) is 0 Å². The summed E-state index contributed by atoms with van der Waals surface area (Å²) in [6.45, 7) is 2.31. The Hall–Kier alpha value is -1.89. The van der Waals surface area contributed by atoms with Crippen LogP contribution >= 0.6 is 0 Å². The highest BCUT2D eigenvalue weighted by Gasteiger charge is 2.53. The van der Waals surface area contributed by atoms with Crippen molar-refractivity contribution in [2.24, 2.45) is 17.8 Å². The highest BCUT2D eigenvalue weighted by molar-refractivity contribution is 5.94. The molecule has 7 heteroatoms. The van der Waals surface area contributed by atoms with Gasteiger partial charge in [-0.1, -0.05) is 0 Å². The average molecular weight is 292 g/mol. The minimum Gasteiger partial charge on any atom is -0.481 e. The van der Waals surface area contributed by atoms with Gasteiger partial charge in [-0.25, -0.2) is 0 Å². The van der Waals surface area contributed by atoms with Crippen LogP contribution in [-0.4, -0.2) is 39.9 Å². The van der Waals surface area contributed by atoms with Crippen LogP contribution < -0.4 is 10.6 Å². The van der Waals surface area contributed by atoms with Gasteiger partial charge in [0.25, 0.3) is 0 Å². The summed E-state index contributed by atoms with van der Waals surface area (Å²) in [4.78, 5) is 22.8. The van der Waals surface area contributed by atoms with Crippen LogP contribution in [0.1, 0.15) is 19.3 Å². The second-order valence-electron chi connectivity index (χ2n) is 5.81. The Balaban J connectivity index is 1.52. The molecular weight excluding hydrogens is 272 g/mol. The standard InChI is InChI=1S/C14H20N4O3/c19-12(20)3-6-18-8-9(7-16-18)17-14(21)13-10-1-4-15-5-2-11(10)13/h7-8,10-11,13,15H,1-6H2,(H,17,21)(H,19,20)/t10-,11+,13?. The highest BCUT2D eigenvalue weighted by atomic mass is 16.4. The van der Waals surface area contributed by atoms with Gasteiger partial charge >= 0.3 is 5.97 Å². The number of carboxylic acid groups (broad SMARTS) is 1. The molecule has 7 nitrogen and oxygen atoms in total. The minimum absolute atomic E-state index is 0.0227. The lowest BCUT2D eigenvalue weighted by Gasteiger charge is -2.04. The van der Waals surface area contributed by atoms with Gasteiger partial charge in [0.15, 0.2) is 0 Å². The first-order valence-corrected chi connectivity index (χ1v) is 7.41. The van der Waals surface area contributed by atoms with Crippen LogP contribution in [0.15, 0.2) is 12.4 Å². The fourth-order valence-corrected chi connectivity index (χ4v) is 3.27. The number of aromatic nitrogens is 2. The van der Waals surface area contributed by atoms with Gasteiger partial charge in [-0.05, 0) is 37.8 Å². The molecule has 0 spiro atoms. The second kappa shape index (κ2) is 5.85. The van der Waals surface area contributed by atoms with Gasteiger partial charge in [-0.15, -0.1) is 0 Å². The molecule has 2 fully saturated rings. The van der Waals surface area contributed by atoms with Crippen LogP contribution in [0, 0.1) is 17.8 Å². The van der Waals surface area contributed by atoms with Crippen molar-refractivity contribution in [2.45, 2.75) is 25.8 Å². The molecule has 1 aromatic heterocycles. The number of hydrogen-bond acceptors (Lipinski definition) is 4. The predicted molar refractivity (Wildman–Crippen MR) is 75.7 cm³/mol. The number of aliphatic carboxylic acids is 1. The lowest BCUT2D eigenvalue weighted by Crippen LogP contribution is -2.20. The Morgan fingerprint density at radius 1 is 1.38 bits per heavy atom. The number of rotatable bonds is 5. The molecule has 0 radical (unpaired) electrons. The second-order valence-corrected chi connectivity index (χ2v) is 5.81. The van der Waals surface area contributed by atoms with Crippen molar-refractivity contribution in [3.05, 3.63) is 12.4 Å². The number of carboxylic acids is 1. The number of carbonyl (C=O) groups excluding carboxylic acids is 1. The lowest BCUT2D eigenvalue weighted by molar-refractivity contribution is -0.137. The van der Waals surface area contributed by atoms with Gasteiger partial charge in [-0.3, -0.25) is 14.3 Å². The third-order valence-electron chi connectivity index (χ3n) is 4.40. The van der Waals surface area contributed by atoms with Crippen molar-refractivity contribution in [3.8, 4) is 0 Å². The van der Waals surface area contributed by atoms with Gasteiger partial charge in [0.1, 0.15) is 0 Å². The van der Waals surface area contributed by atoms with Crippen LogP contribution in [0.2, 0.25) is 0 Å². The Morgan fingerprint density at radius 3 is 2.76 bits per heavy atom. The van der Waals surface area contributed by atoms with E-state index in [4.69, 9.17) is 5.11 Å². The average Bonchev–Trinajstić information content (AvgIpc) is 3.02. The molecule has 21 heavy (non-hydrogen) atoms. The van der Waals surface area contributed by atoms with Crippen molar-refractivity contribution in [3.63, 3.8) is 0 Å². The van der Waals surface area contributed by atoms with E-state index in [0.29, 0.717) is 24.1 Å². The maximum Gasteiger partial charge on any atom is 0.305 e. The van der Waals surface area contributed by atoms with E-state index in [9.17, 15) is 9.59 Å². The summed E-state index contributed by atoms with van der Waals surface area (Å²) in [5.41, 5.74) is 0.643. The van der Waals surface area contributed by atoms with Crippen LogP contribution in [0.25, 0.3) is 0 Å². The Kier molecular flexibility index (Phi) is 3.92. The molecule has 1 aliphatic heterocycles. The summed E-state index contributed by atoms with van der Waals surface area (Å²) in [6.07, 6.45) is 5.41. The number of fused-ring (bicyclic) bond motifs is 1. The van der Waals surface area contributed by atoms with Gasteiger partial charge < -0.3 is 15.7 Å². The molecular formula is C14H20N4O3. The summed E-state index contributed by atoms with van der Waals surface area (Å²) in [5, 5.41) is 18.9. The van der Waals surface area contributed by atoms with E-state index in [1.807, 2.05) is 0 Å². The van der Waals surface area contributed by atoms with Crippen LogP contribution in [0.5, 0.6) is 0 Å². The Labute approximate surface area is 122 Å². The van der Waals surface area contributed by atoms with Crippen LogP contribution in [0.3, 0.4) is 0 Å². The highest BCUT2D eigenvalue weighted by Crippen LogP contribution is 2.51. The molecule has 114 valence electrons. The number of anilines is 1. The number of hydrogen-bond donors (Lipinski definition) is 3. The van der Waals surface area contributed by atoms with Gasteiger partial charge in [0.2, 0.25) is 5.91 Å². The molecule has 1 saturated heterocycles. The molecule has 0 aromatic carbocycles. The zero-order valence-corrected chi connectivity index (χ0v) is 11.8. The summed E-state index contributed by atoms with van der Waals surface area (Å²) >= 11 is 0. The molecule has 1 amide bonds. The fourth-order valence-electron chi connectivity index (χ4n) is 3.27. The van der Waals surface area contributed by atoms with Gasteiger partial charge in [0.05, 0.1) is 24.8 Å². The minimum atomic E-state index is -0.859. The molecule has 1 aromatic rings. The topological polar surface area (TPSA) is 96.2 Å². The van der Waals surface area contributed by atoms with Crippen molar-refractivity contribution in [1.82, 2.24) is 15.1 Å². The largest absolute Gasteiger partial charge is 0.481 e. The summed E-state index contributed by atoms with van der Waals surface area (Å²) in [5.74, 6) is 0.381. The zero-order chi connectivity index (χ0) is 14.8. The van der Waals surface area contributed by atoms with Crippen LogP contribution in [-0.2, 0) is 16.1 Å². The van der Waals surface area contributed by atoms with E-state index >= 15 is 0 Å². The van der Waals surface area contributed by atoms with Crippen molar-refractivity contribution in [1.29, 1.82) is 0 Å². The number of carbonyl (C=O) groups is 2. The first-order valence-electron chi connectivity index (χ1n) is 7.41. The van der Waals surface area contributed by atoms with Crippen molar-refractivity contribution < 1.29 is 14.7 Å². The number of amides is 1. The number of aryl methyl sites for hydroxylation is 1. The molecule has 3 atom stereocenters. The van der Waals surface area contributed by atoms with Crippen molar-refractivity contribution in [2.75, 3.05) is 18.4 Å². The van der Waals surface area contributed by atoms with Crippen LogP contribution in [0.4, 0.5) is 5.69 Å². The molecule has 2 aliphatic rings. The third-order valence-corrected chi connectivity index (χ3v) is 4.40. The van der Waals surface area contributed by atoms with Crippen molar-refractivity contribution >= 4 is 17.6 Å². The summed E-state index contributed by atoms with van der Waals surface area (Å²) in [6, 6.07) is 0. The van der Waals surface area contributed by atoms with E-state index in [-0.39, 0.29) is 18.2 Å². The molecule has 1 saturated carbocycles. The lowest BCUT2D eigenvalue weighted by atomic mass is 10.2. The van der Waals surface area contributed by atoms with E-state index in [1.54, 1.807) is 17.1 Å². The first kappa shape index (κ1) is 14.1. The monoisotopic (exact) mass is 292 g/mol. The molecule has 1 aliphatic carbocycles. The maximum atomic E-state index is 12.3. The normalized spacial score (nSPS) is 27.5. The van der Waals surface area contributed by atoms with E-state index < -0.39 is 5.97 Å². The quantitative estimate of drug-likeness (QED) is 0.736. The Bertz CT molecular complexity index is 530. The smallest absolute Gasteiger partial charge is 0.305 e. The molecule has 3 N–H and O–H groups in total. The third kappa shape index (κ3) is 3.24. The zero-order valence-electron chi connectivity index (χ0n) is 11.8. The first-order chi connectivity index (χ1) is 10.1. The summed E-state index contributed by atoms with van der Waals surface area (Å²) in [7, 11) is 0. The van der Waals surface area contributed by atoms with Gasteiger partial charge in [-0.2, -0.15) is 5.10 Å². The fraction of sp³-hybridized carbons (Fsp3) is 0.643. The molecule has 2 heterocycles. The number of nitrogens with zero attached hydrogens (tertiary/aromatic N) is 2. The van der Waals surface area contributed by atoms with E-state index in [0.717, 1.165) is 25.9 Å². The number of nitrogens with one attached hydrogen (secondary N) is 2.